The van der Waals surface area contributed by atoms with Gasteiger partial charge in [0.05, 0.1) is 12.6 Å². The van der Waals surface area contributed by atoms with E-state index in [0.717, 1.165) is 29.8 Å². The predicted octanol–water partition coefficient (Wildman–Crippen LogP) is 2.24. The van der Waals surface area contributed by atoms with Crippen LogP contribution in [0.1, 0.15) is 17.7 Å². The minimum atomic E-state index is -0.295. The largest absolute Gasteiger partial charge is 0.383 e. The number of nitrogens with one attached hydrogen (secondary N) is 2. The van der Waals surface area contributed by atoms with Crippen LogP contribution in [0, 0.1) is 0 Å². The summed E-state index contributed by atoms with van der Waals surface area (Å²) in [6, 6.07) is 13.1. The van der Waals surface area contributed by atoms with Gasteiger partial charge in [-0.1, -0.05) is 24.3 Å². The molecule has 148 valence electrons. The van der Waals surface area contributed by atoms with Crippen molar-refractivity contribution in [2.75, 3.05) is 32.1 Å². The zero-order valence-corrected chi connectivity index (χ0v) is 16.1. The van der Waals surface area contributed by atoms with Crippen molar-refractivity contribution in [3.05, 3.63) is 59.9 Å². The van der Waals surface area contributed by atoms with Crippen LogP contribution in [0.5, 0.6) is 0 Å². The fourth-order valence-electron chi connectivity index (χ4n) is 3.30. The van der Waals surface area contributed by atoms with Crippen molar-refractivity contribution < 1.29 is 14.3 Å². The Kier molecular flexibility index (Phi) is 6.97. The number of aromatic nitrogens is 1. The Morgan fingerprint density at radius 2 is 2.04 bits per heavy atom. The summed E-state index contributed by atoms with van der Waals surface area (Å²) in [4.78, 5) is 30.5. The van der Waals surface area contributed by atoms with Gasteiger partial charge < -0.3 is 20.3 Å². The smallest absolute Gasteiger partial charge is 0.319 e. The van der Waals surface area contributed by atoms with Gasteiger partial charge in [0, 0.05) is 44.2 Å². The zero-order chi connectivity index (χ0) is 19.8. The number of rotatable bonds is 8. The van der Waals surface area contributed by atoms with Crippen molar-refractivity contribution in [1.29, 1.82) is 0 Å². The molecule has 28 heavy (non-hydrogen) atoms. The molecule has 2 aromatic rings. The fourth-order valence-corrected chi connectivity index (χ4v) is 3.30. The third-order valence-corrected chi connectivity index (χ3v) is 4.76. The van der Waals surface area contributed by atoms with Gasteiger partial charge in [0.25, 0.3) is 0 Å². The van der Waals surface area contributed by atoms with E-state index < -0.39 is 0 Å². The molecular formula is C21H26N4O3. The number of carbonyl (C=O) groups is 2. The third-order valence-electron chi connectivity index (χ3n) is 4.76. The highest BCUT2D eigenvalue weighted by Gasteiger charge is 2.30. The highest BCUT2D eigenvalue weighted by Crippen LogP contribution is 2.18. The van der Waals surface area contributed by atoms with Crippen molar-refractivity contribution in [3.8, 4) is 0 Å². The Hall–Kier alpha value is -2.93. The zero-order valence-electron chi connectivity index (χ0n) is 16.1. The Bertz CT molecular complexity index is 797. The van der Waals surface area contributed by atoms with Gasteiger partial charge in [-0.25, -0.2) is 4.79 Å². The molecule has 1 saturated heterocycles. The average Bonchev–Trinajstić information content (AvgIpc) is 3.05. The fraction of sp³-hybridized carbons (Fsp3) is 0.381. The Morgan fingerprint density at radius 1 is 1.21 bits per heavy atom. The first-order valence-corrected chi connectivity index (χ1v) is 9.47. The second-order valence-corrected chi connectivity index (χ2v) is 6.81. The minimum absolute atomic E-state index is 0.0399. The van der Waals surface area contributed by atoms with Crippen LogP contribution in [0.2, 0.25) is 0 Å². The number of urea groups is 1. The van der Waals surface area contributed by atoms with Crippen LogP contribution >= 0.6 is 0 Å². The lowest BCUT2D eigenvalue weighted by molar-refractivity contribution is -0.128. The number of amides is 3. The highest BCUT2D eigenvalue weighted by atomic mass is 16.5. The summed E-state index contributed by atoms with van der Waals surface area (Å²) in [5.41, 5.74) is 2.84. The van der Waals surface area contributed by atoms with Crippen molar-refractivity contribution in [1.82, 2.24) is 15.2 Å². The van der Waals surface area contributed by atoms with E-state index in [4.69, 9.17) is 4.74 Å². The Labute approximate surface area is 165 Å². The molecule has 1 aliphatic heterocycles. The maximum absolute atomic E-state index is 12.4. The van der Waals surface area contributed by atoms with Gasteiger partial charge in [-0.15, -0.1) is 0 Å². The molecule has 3 rings (SSSR count). The van der Waals surface area contributed by atoms with Crippen molar-refractivity contribution in [3.63, 3.8) is 0 Å². The first-order valence-electron chi connectivity index (χ1n) is 9.47. The van der Waals surface area contributed by atoms with Crippen LogP contribution in [-0.2, 0) is 22.4 Å². The van der Waals surface area contributed by atoms with Crippen molar-refractivity contribution in [2.45, 2.75) is 25.3 Å². The number of carbonyl (C=O) groups excluding carboxylic acids is 2. The third kappa shape index (κ3) is 5.53. The number of aryl methyl sites for hydroxylation is 2. The van der Waals surface area contributed by atoms with E-state index in [2.05, 4.69) is 15.6 Å². The number of nitrogens with zero attached hydrogens (tertiary/aromatic N) is 2. The number of likely N-dealkylation sites (tertiary alicyclic amines) is 1. The van der Waals surface area contributed by atoms with E-state index in [1.54, 1.807) is 18.2 Å². The Balaban J connectivity index is 1.54. The number of ether oxygens (including phenoxy) is 1. The van der Waals surface area contributed by atoms with Gasteiger partial charge >= 0.3 is 6.03 Å². The van der Waals surface area contributed by atoms with Crippen molar-refractivity contribution >= 4 is 17.6 Å². The standard InChI is InChI=1S/C21H26N4O3/c1-28-13-12-25-15-18(14-20(25)26)23-21(27)24-19-8-3-2-6-16(19)9-10-17-7-4-5-11-22-17/h2-8,11,18H,9-10,12-15H2,1H3,(H2,23,24,27)/t18-/m1/s1. The lowest BCUT2D eigenvalue weighted by Gasteiger charge is -2.17. The van der Waals surface area contributed by atoms with E-state index in [9.17, 15) is 9.59 Å². The second kappa shape index (κ2) is 9.85. The van der Waals surface area contributed by atoms with E-state index in [-0.39, 0.29) is 18.0 Å². The molecule has 7 nitrogen and oxygen atoms in total. The summed E-state index contributed by atoms with van der Waals surface area (Å²) < 4.78 is 5.02. The predicted molar refractivity (Wildman–Crippen MR) is 107 cm³/mol. The number of anilines is 1. The summed E-state index contributed by atoms with van der Waals surface area (Å²) in [6.07, 6.45) is 3.68. The lowest BCUT2D eigenvalue weighted by Crippen LogP contribution is -2.40. The molecule has 3 amide bonds. The van der Waals surface area contributed by atoms with E-state index in [1.165, 1.54) is 0 Å². The molecule has 1 atom stereocenters. The van der Waals surface area contributed by atoms with Gasteiger partial charge in [0.15, 0.2) is 0 Å². The monoisotopic (exact) mass is 382 g/mol. The molecule has 1 aromatic carbocycles. The lowest BCUT2D eigenvalue weighted by atomic mass is 10.1. The Morgan fingerprint density at radius 3 is 2.82 bits per heavy atom. The number of methoxy groups -OCH3 is 1. The summed E-state index contributed by atoms with van der Waals surface area (Å²) >= 11 is 0. The molecule has 0 saturated carbocycles. The maximum Gasteiger partial charge on any atom is 0.319 e. The molecule has 2 heterocycles. The molecule has 1 fully saturated rings. The van der Waals surface area contributed by atoms with Crippen molar-refractivity contribution in [2.24, 2.45) is 0 Å². The molecule has 0 aliphatic carbocycles. The van der Waals surface area contributed by atoms with Crippen LogP contribution in [0.4, 0.5) is 10.5 Å². The normalized spacial score (nSPS) is 16.2. The number of hydrogen-bond donors (Lipinski definition) is 2. The van der Waals surface area contributed by atoms with Crippen LogP contribution < -0.4 is 10.6 Å². The average molecular weight is 382 g/mol. The number of benzene rings is 1. The van der Waals surface area contributed by atoms with E-state index in [1.807, 2.05) is 42.5 Å². The molecule has 2 N–H and O–H groups in total. The quantitative estimate of drug-likeness (QED) is 0.733. The summed E-state index contributed by atoms with van der Waals surface area (Å²) in [7, 11) is 1.61. The van der Waals surface area contributed by atoms with Gasteiger partial charge in [-0.3, -0.25) is 9.78 Å². The van der Waals surface area contributed by atoms with Crippen LogP contribution in [0.15, 0.2) is 48.7 Å². The van der Waals surface area contributed by atoms with Crippen LogP contribution in [0.25, 0.3) is 0 Å². The number of para-hydroxylation sites is 1. The molecule has 0 radical (unpaired) electrons. The molecule has 1 aromatic heterocycles. The minimum Gasteiger partial charge on any atom is -0.383 e. The van der Waals surface area contributed by atoms with Crippen LogP contribution in [0.3, 0.4) is 0 Å². The van der Waals surface area contributed by atoms with Crippen LogP contribution in [-0.4, -0.2) is 54.7 Å². The second-order valence-electron chi connectivity index (χ2n) is 6.81. The maximum atomic E-state index is 12.4. The summed E-state index contributed by atoms with van der Waals surface area (Å²) in [5, 5.41) is 5.82. The molecule has 7 heteroatoms. The van der Waals surface area contributed by atoms with Gasteiger partial charge in [-0.05, 0) is 36.6 Å². The SMILES string of the molecule is COCCN1C[C@H](NC(=O)Nc2ccccc2CCc2ccccn2)CC1=O. The molecular weight excluding hydrogens is 356 g/mol. The first kappa shape index (κ1) is 19.8. The van der Waals surface area contributed by atoms with E-state index in [0.29, 0.717) is 26.1 Å². The van der Waals surface area contributed by atoms with E-state index >= 15 is 0 Å². The number of pyridine rings is 1. The summed E-state index contributed by atoms with van der Waals surface area (Å²) in [5.74, 6) is 0.0399. The van der Waals surface area contributed by atoms with Gasteiger partial charge in [0.1, 0.15) is 0 Å². The molecule has 0 spiro atoms. The van der Waals surface area contributed by atoms with Gasteiger partial charge in [0.2, 0.25) is 5.91 Å². The first-order chi connectivity index (χ1) is 13.7. The molecule has 1 aliphatic rings. The summed E-state index contributed by atoms with van der Waals surface area (Å²) in [6.45, 7) is 1.55. The molecule has 0 bridgehead atoms. The van der Waals surface area contributed by atoms with Gasteiger partial charge in [-0.2, -0.15) is 0 Å². The number of hydrogen-bond acceptors (Lipinski definition) is 4. The highest BCUT2D eigenvalue weighted by molar-refractivity contribution is 5.91. The topological polar surface area (TPSA) is 83.6 Å². The molecule has 0 unspecified atom stereocenters.